The molecule has 0 bridgehead atoms. The number of nitrogens with zero attached hydrogens (tertiary/aromatic N) is 6. The highest BCUT2D eigenvalue weighted by atomic mass is 35.5. The van der Waals surface area contributed by atoms with E-state index >= 15 is 0 Å². The largest absolute Gasteiger partial charge is 0.477 e. The van der Waals surface area contributed by atoms with Gasteiger partial charge >= 0.3 is 6.03 Å². The molecule has 10 nitrogen and oxygen atoms in total. The smallest absolute Gasteiger partial charge is 0.326 e. The first-order valence-electron chi connectivity index (χ1n) is 15.8. The van der Waals surface area contributed by atoms with Crippen LogP contribution in [0.3, 0.4) is 0 Å². The molecule has 0 radical (unpaired) electrons. The van der Waals surface area contributed by atoms with Crippen LogP contribution in [-0.2, 0) is 15.3 Å². The number of sulfone groups is 1. The Morgan fingerprint density at radius 2 is 1.55 bits per heavy atom. The van der Waals surface area contributed by atoms with Crippen molar-refractivity contribution in [1.82, 2.24) is 24.7 Å². The molecule has 2 aliphatic heterocycles. The third kappa shape index (κ3) is 8.43. The average Bonchev–Trinajstić information content (AvgIpc) is 3.41. The van der Waals surface area contributed by atoms with Crippen molar-refractivity contribution in [3.63, 3.8) is 0 Å². The van der Waals surface area contributed by atoms with Gasteiger partial charge in [-0.25, -0.2) is 18.2 Å². The molecule has 1 saturated heterocycles. The lowest BCUT2D eigenvalue weighted by Gasteiger charge is -2.39. The van der Waals surface area contributed by atoms with Crippen LogP contribution in [0.25, 0.3) is 0 Å². The van der Waals surface area contributed by atoms with Crippen molar-refractivity contribution < 1.29 is 17.9 Å². The molecule has 47 heavy (non-hydrogen) atoms. The van der Waals surface area contributed by atoms with Crippen molar-refractivity contribution >= 4 is 44.9 Å². The second-order valence-electron chi connectivity index (χ2n) is 13.0. The summed E-state index contributed by atoms with van der Waals surface area (Å²) in [5, 5.41) is 1.19. The Kier molecular flexibility index (Phi) is 10.8. The molecule has 0 unspecified atom stereocenters. The van der Waals surface area contributed by atoms with E-state index in [1.165, 1.54) is 6.26 Å². The van der Waals surface area contributed by atoms with E-state index in [0.717, 1.165) is 11.1 Å². The first-order chi connectivity index (χ1) is 22.2. The second-order valence-corrected chi connectivity index (χ2v) is 16.1. The molecule has 3 aromatic rings. The monoisotopic (exact) mass is 700 g/mol. The molecule has 1 fully saturated rings. The maximum absolute atomic E-state index is 14.8. The Hall–Kier alpha value is -3.25. The van der Waals surface area contributed by atoms with E-state index in [9.17, 15) is 13.2 Å². The molecule has 2 amide bonds. The van der Waals surface area contributed by atoms with Crippen LogP contribution in [0.5, 0.6) is 5.88 Å². The van der Waals surface area contributed by atoms with E-state index in [1.807, 2.05) is 81.1 Å². The van der Waals surface area contributed by atoms with Gasteiger partial charge in [-0.05, 0) is 55.3 Å². The molecule has 252 valence electrons. The first kappa shape index (κ1) is 35.1. The predicted molar refractivity (Wildman–Crippen MR) is 186 cm³/mol. The predicted octanol–water partition coefficient (Wildman–Crippen LogP) is 6.20. The van der Waals surface area contributed by atoms with Crippen molar-refractivity contribution in [3.8, 4) is 5.88 Å². The van der Waals surface area contributed by atoms with Gasteiger partial charge in [-0.2, -0.15) is 4.98 Å². The molecular formula is C34H42Cl2N6O4S. The fourth-order valence-corrected chi connectivity index (χ4v) is 6.75. The lowest BCUT2D eigenvalue weighted by atomic mass is 9.93. The van der Waals surface area contributed by atoms with Gasteiger partial charge in [-0.15, -0.1) is 0 Å². The number of piperazine rings is 1. The first-order valence-corrected chi connectivity index (χ1v) is 18.6. The van der Waals surface area contributed by atoms with E-state index in [-0.39, 0.29) is 17.2 Å². The number of halogens is 2. The minimum absolute atomic E-state index is 0.146. The van der Waals surface area contributed by atoms with Crippen molar-refractivity contribution in [2.45, 2.75) is 51.6 Å². The molecule has 5 rings (SSSR count). The fourth-order valence-electron chi connectivity index (χ4n) is 5.85. The summed E-state index contributed by atoms with van der Waals surface area (Å²) < 4.78 is 29.3. The molecule has 0 N–H and O–H groups in total. The fraction of sp³-hybridized carbons (Fsp3) is 0.471. The van der Waals surface area contributed by atoms with Crippen LogP contribution in [0, 0.1) is 0 Å². The zero-order chi connectivity index (χ0) is 33.9. The minimum atomic E-state index is -3.02. The average molecular weight is 702 g/mol. The number of carbonyl (C=O) groups excluding carboxylic acids is 1. The van der Waals surface area contributed by atoms with Crippen LogP contribution in [0.2, 0.25) is 10.0 Å². The quantitative estimate of drug-likeness (QED) is 0.262. The Bertz CT molecular complexity index is 1700. The van der Waals surface area contributed by atoms with E-state index in [2.05, 4.69) is 4.90 Å². The van der Waals surface area contributed by atoms with Gasteiger partial charge < -0.3 is 9.64 Å². The Morgan fingerprint density at radius 3 is 2.11 bits per heavy atom. The van der Waals surface area contributed by atoms with Gasteiger partial charge in [0.1, 0.15) is 27.5 Å². The summed E-state index contributed by atoms with van der Waals surface area (Å²) >= 11 is 12.6. The molecule has 0 aliphatic carbocycles. The highest BCUT2D eigenvalue weighted by Gasteiger charge is 2.45. The lowest BCUT2D eigenvalue weighted by molar-refractivity contribution is 0.119. The van der Waals surface area contributed by atoms with E-state index < -0.39 is 21.9 Å². The van der Waals surface area contributed by atoms with E-state index in [0.29, 0.717) is 78.9 Å². The normalized spacial score (nSPS) is 19.2. The van der Waals surface area contributed by atoms with Crippen LogP contribution in [0.15, 0.2) is 59.7 Å². The third-order valence-electron chi connectivity index (χ3n) is 8.27. The van der Waals surface area contributed by atoms with Crippen molar-refractivity contribution in [1.29, 1.82) is 0 Å². The summed E-state index contributed by atoms with van der Waals surface area (Å²) in [6, 6.07) is 13.8. The van der Waals surface area contributed by atoms with Gasteiger partial charge in [0.25, 0.3) is 0 Å². The van der Waals surface area contributed by atoms with Crippen molar-refractivity contribution in [2.24, 2.45) is 4.99 Å². The number of aliphatic imine (C=N–C) groups is 1. The highest BCUT2D eigenvalue weighted by Crippen LogP contribution is 2.45. The lowest BCUT2D eigenvalue weighted by Crippen LogP contribution is -2.54. The summed E-state index contributed by atoms with van der Waals surface area (Å²) in [5.41, 5.74) is 1.97. The number of carbonyl (C=O) groups is 1. The van der Waals surface area contributed by atoms with Gasteiger partial charge in [0.05, 0.1) is 24.0 Å². The second kappa shape index (κ2) is 14.5. The number of hydrogen-bond acceptors (Lipinski definition) is 8. The SMILES string of the molecule is CCOc1nc(C(C)(C)C)ncc1C1=N[C@H](c2ccc(Cl)cc2)[C@H](c2ccc(Cl)cc2)N1C(=O)N1CCN(CCCS(C)(=O)=O)CC1. The van der Waals surface area contributed by atoms with Gasteiger partial charge in [-0.1, -0.05) is 68.2 Å². The van der Waals surface area contributed by atoms with E-state index in [1.54, 1.807) is 11.1 Å². The molecular weight excluding hydrogens is 659 g/mol. The van der Waals surface area contributed by atoms with Gasteiger partial charge in [0.2, 0.25) is 5.88 Å². The Morgan fingerprint density at radius 1 is 0.957 bits per heavy atom. The van der Waals surface area contributed by atoms with Gasteiger partial charge in [0.15, 0.2) is 0 Å². The summed E-state index contributed by atoms with van der Waals surface area (Å²) in [6.07, 6.45) is 3.52. The molecule has 3 heterocycles. The molecule has 2 aromatic carbocycles. The van der Waals surface area contributed by atoms with Crippen LogP contribution in [-0.4, -0.2) is 96.3 Å². The Balaban J connectivity index is 1.56. The van der Waals surface area contributed by atoms with Crippen LogP contribution >= 0.6 is 23.2 Å². The summed E-state index contributed by atoms with van der Waals surface area (Å²) in [4.78, 5) is 35.3. The van der Waals surface area contributed by atoms with Crippen molar-refractivity contribution in [3.05, 3.63) is 87.3 Å². The van der Waals surface area contributed by atoms with Crippen LogP contribution in [0.4, 0.5) is 4.79 Å². The number of amidine groups is 1. The number of ether oxygens (including phenoxy) is 1. The summed E-state index contributed by atoms with van der Waals surface area (Å²) in [7, 11) is -3.02. The van der Waals surface area contributed by atoms with Gasteiger partial charge in [-0.3, -0.25) is 14.8 Å². The summed E-state index contributed by atoms with van der Waals surface area (Å²) in [6.45, 7) is 11.3. The zero-order valence-corrected chi connectivity index (χ0v) is 29.8. The molecule has 2 aliphatic rings. The number of hydrogen-bond donors (Lipinski definition) is 0. The topological polar surface area (TPSA) is 108 Å². The summed E-state index contributed by atoms with van der Waals surface area (Å²) in [5.74, 6) is 1.56. The minimum Gasteiger partial charge on any atom is -0.477 e. The Labute approximate surface area is 287 Å². The molecule has 1 aromatic heterocycles. The van der Waals surface area contributed by atoms with Crippen LogP contribution < -0.4 is 4.74 Å². The zero-order valence-electron chi connectivity index (χ0n) is 27.5. The molecule has 0 saturated carbocycles. The molecule has 0 spiro atoms. The molecule has 13 heteroatoms. The highest BCUT2D eigenvalue weighted by molar-refractivity contribution is 7.90. The maximum atomic E-state index is 14.8. The van der Waals surface area contributed by atoms with E-state index in [4.69, 9.17) is 42.9 Å². The number of urea groups is 1. The number of rotatable bonds is 9. The standard InChI is InChI=1S/C34H42Cl2N6O4S/c1-6-46-31-27(22-37-32(39-31)34(2,3)4)30-38-28(23-8-12-25(35)13-9-23)29(24-10-14-26(36)15-11-24)42(30)33(43)41-19-17-40(18-20-41)16-7-21-47(5,44)45/h8-15,22,28-29H,6-7,16-21H2,1-5H3/t28-,29+/m1/s1. The van der Waals surface area contributed by atoms with Gasteiger partial charge in [0, 0.05) is 54.1 Å². The third-order valence-corrected chi connectivity index (χ3v) is 9.81. The van der Waals surface area contributed by atoms with Crippen molar-refractivity contribution in [2.75, 3.05) is 51.3 Å². The maximum Gasteiger partial charge on any atom is 0.326 e. The number of amides is 2. The number of benzene rings is 2. The molecule has 2 atom stereocenters. The van der Waals surface area contributed by atoms with Crippen LogP contribution in [0.1, 0.15) is 68.7 Å². The number of aromatic nitrogens is 2.